The lowest BCUT2D eigenvalue weighted by Gasteiger charge is -2.22. The largest absolute Gasteiger partial charge is 0.459 e. The van der Waals surface area contributed by atoms with E-state index in [9.17, 15) is 9.59 Å². The highest BCUT2D eigenvalue weighted by Gasteiger charge is 2.20. The Morgan fingerprint density at radius 1 is 0.810 bits per heavy atom. The monoisotopic (exact) mass is 294 g/mol. The molecule has 0 bridgehead atoms. The highest BCUT2D eigenvalue weighted by molar-refractivity contribution is 5.95. The standard InChI is InChI=1S/C17H26O4/c1-13(17(19)21-15-10-6-3-7-11-15)12-16(18)20-14-8-4-2-5-9-14/h12,14-15H,2-11H2,1H3. The summed E-state index contributed by atoms with van der Waals surface area (Å²) < 4.78 is 10.8. The number of rotatable bonds is 4. The smallest absolute Gasteiger partial charge is 0.334 e. The van der Waals surface area contributed by atoms with Gasteiger partial charge in [0, 0.05) is 11.6 Å². The van der Waals surface area contributed by atoms with Crippen molar-refractivity contribution in [3.05, 3.63) is 11.6 Å². The third-order valence-corrected chi connectivity index (χ3v) is 4.32. The highest BCUT2D eigenvalue weighted by atomic mass is 16.5. The average Bonchev–Trinajstić information content (AvgIpc) is 2.49. The maximum atomic E-state index is 11.9. The molecule has 0 heterocycles. The lowest BCUT2D eigenvalue weighted by Crippen LogP contribution is -2.23. The van der Waals surface area contributed by atoms with Crippen molar-refractivity contribution in [1.29, 1.82) is 0 Å². The van der Waals surface area contributed by atoms with Crippen LogP contribution in [0.5, 0.6) is 0 Å². The highest BCUT2D eigenvalue weighted by Crippen LogP contribution is 2.22. The molecule has 0 N–H and O–H groups in total. The van der Waals surface area contributed by atoms with Gasteiger partial charge in [-0.05, 0) is 58.3 Å². The van der Waals surface area contributed by atoms with Gasteiger partial charge in [-0.3, -0.25) is 0 Å². The fourth-order valence-electron chi connectivity index (χ4n) is 3.04. The molecule has 2 aliphatic carbocycles. The summed E-state index contributed by atoms with van der Waals surface area (Å²) in [4.78, 5) is 23.8. The lowest BCUT2D eigenvalue weighted by atomic mass is 9.98. The Balaban J connectivity index is 1.77. The summed E-state index contributed by atoms with van der Waals surface area (Å²) in [7, 11) is 0. The summed E-state index contributed by atoms with van der Waals surface area (Å²) in [5, 5.41) is 0. The molecule has 4 nitrogen and oxygen atoms in total. The van der Waals surface area contributed by atoms with Crippen molar-refractivity contribution in [2.24, 2.45) is 0 Å². The van der Waals surface area contributed by atoms with E-state index in [0.717, 1.165) is 51.4 Å². The number of ether oxygens (including phenoxy) is 2. The van der Waals surface area contributed by atoms with E-state index in [0.29, 0.717) is 5.57 Å². The van der Waals surface area contributed by atoms with Gasteiger partial charge < -0.3 is 9.47 Å². The second-order valence-electron chi connectivity index (χ2n) is 6.19. The van der Waals surface area contributed by atoms with E-state index < -0.39 is 5.97 Å². The van der Waals surface area contributed by atoms with E-state index >= 15 is 0 Å². The molecule has 0 radical (unpaired) electrons. The van der Waals surface area contributed by atoms with Crippen LogP contribution in [-0.2, 0) is 19.1 Å². The van der Waals surface area contributed by atoms with Crippen LogP contribution in [0.25, 0.3) is 0 Å². The molecule has 2 aliphatic rings. The van der Waals surface area contributed by atoms with Crippen LogP contribution in [0.1, 0.15) is 71.1 Å². The molecule has 0 aromatic rings. The third-order valence-electron chi connectivity index (χ3n) is 4.32. The minimum Gasteiger partial charge on any atom is -0.459 e. The predicted molar refractivity (Wildman–Crippen MR) is 79.7 cm³/mol. The van der Waals surface area contributed by atoms with Crippen LogP contribution in [0.3, 0.4) is 0 Å². The van der Waals surface area contributed by atoms with Gasteiger partial charge in [0.1, 0.15) is 12.2 Å². The first-order valence-electron chi connectivity index (χ1n) is 8.25. The van der Waals surface area contributed by atoms with Gasteiger partial charge in [-0.2, -0.15) is 0 Å². The van der Waals surface area contributed by atoms with Crippen molar-refractivity contribution in [3.8, 4) is 0 Å². The van der Waals surface area contributed by atoms with E-state index in [1.54, 1.807) is 6.92 Å². The van der Waals surface area contributed by atoms with Crippen molar-refractivity contribution in [3.63, 3.8) is 0 Å². The molecular weight excluding hydrogens is 268 g/mol. The first-order chi connectivity index (χ1) is 10.1. The van der Waals surface area contributed by atoms with Crippen LogP contribution in [0.4, 0.5) is 0 Å². The summed E-state index contributed by atoms with van der Waals surface area (Å²) in [5.41, 5.74) is 0.335. The maximum Gasteiger partial charge on any atom is 0.334 e. The van der Waals surface area contributed by atoms with Crippen LogP contribution in [0.2, 0.25) is 0 Å². The van der Waals surface area contributed by atoms with Gasteiger partial charge >= 0.3 is 11.9 Å². The Morgan fingerprint density at radius 2 is 1.29 bits per heavy atom. The molecule has 0 aromatic carbocycles. The zero-order valence-corrected chi connectivity index (χ0v) is 12.9. The summed E-state index contributed by atoms with van der Waals surface area (Å²) in [6.07, 6.45) is 12.0. The average molecular weight is 294 g/mol. The number of esters is 2. The molecule has 4 heteroatoms. The molecule has 0 spiro atoms. The molecule has 0 saturated heterocycles. The van der Waals surface area contributed by atoms with Crippen LogP contribution in [0.15, 0.2) is 11.6 Å². The summed E-state index contributed by atoms with van der Waals surface area (Å²) in [6, 6.07) is 0. The number of hydrogen-bond donors (Lipinski definition) is 0. The molecule has 0 aliphatic heterocycles. The van der Waals surface area contributed by atoms with Gasteiger partial charge in [0.2, 0.25) is 0 Å². The van der Waals surface area contributed by atoms with Gasteiger partial charge in [0.05, 0.1) is 0 Å². The normalized spacial score (nSPS) is 21.9. The Morgan fingerprint density at radius 3 is 1.81 bits per heavy atom. The van der Waals surface area contributed by atoms with E-state index in [2.05, 4.69) is 0 Å². The molecule has 118 valence electrons. The van der Waals surface area contributed by atoms with E-state index in [-0.39, 0.29) is 18.2 Å². The second-order valence-corrected chi connectivity index (χ2v) is 6.19. The van der Waals surface area contributed by atoms with Crippen molar-refractivity contribution >= 4 is 11.9 Å². The summed E-state index contributed by atoms with van der Waals surface area (Å²) in [5.74, 6) is -0.803. The molecule has 2 saturated carbocycles. The molecule has 0 unspecified atom stereocenters. The van der Waals surface area contributed by atoms with Crippen LogP contribution < -0.4 is 0 Å². The molecular formula is C17H26O4. The van der Waals surface area contributed by atoms with Crippen LogP contribution in [0, 0.1) is 0 Å². The van der Waals surface area contributed by atoms with Crippen molar-refractivity contribution in [1.82, 2.24) is 0 Å². The molecule has 0 aromatic heterocycles. The topological polar surface area (TPSA) is 52.6 Å². The Hall–Kier alpha value is -1.32. The fraction of sp³-hybridized carbons (Fsp3) is 0.765. The maximum absolute atomic E-state index is 11.9. The molecule has 0 amide bonds. The quantitative estimate of drug-likeness (QED) is 0.586. The first kappa shape index (κ1) is 16.1. The zero-order valence-electron chi connectivity index (χ0n) is 12.9. The Bertz CT molecular complexity index is 388. The minimum atomic E-state index is -0.417. The van der Waals surface area contributed by atoms with Crippen LogP contribution in [-0.4, -0.2) is 24.1 Å². The Labute approximate surface area is 126 Å². The number of carbonyl (C=O) groups is 2. The summed E-state index contributed by atoms with van der Waals surface area (Å²) >= 11 is 0. The minimum absolute atomic E-state index is 0.0176. The van der Waals surface area contributed by atoms with Crippen molar-refractivity contribution < 1.29 is 19.1 Å². The predicted octanol–water partition coefficient (Wildman–Crippen LogP) is 3.68. The fourth-order valence-corrected chi connectivity index (χ4v) is 3.04. The first-order valence-corrected chi connectivity index (χ1v) is 8.25. The molecule has 2 fully saturated rings. The molecule has 0 atom stereocenters. The molecule has 2 rings (SSSR count). The van der Waals surface area contributed by atoms with Gasteiger partial charge in [0.15, 0.2) is 0 Å². The van der Waals surface area contributed by atoms with Gasteiger partial charge in [-0.1, -0.05) is 12.8 Å². The summed E-state index contributed by atoms with van der Waals surface area (Å²) in [6.45, 7) is 1.62. The molecule has 21 heavy (non-hydrogen) atoms. The second kappa shape index (κ2) is 8.20. The van der Waals surface area contributed by atoms with E-state index in [1.165, 1.54) is 18.9 Å². The van der Waals surface area contributed by atoms with Crippen molar-refractivity contribution in [2.75, 3.05) is 0 Å². The lowest BCUT2D eigenvalue weighted by molar-refractivity contribution is -0.148. The van der Waals surface area contributed by atoms with Gasteiger partial charge in [-0.15, -0.1) is 0 Å². The van der Waals surface area contributed by atoms with Crippen molar-refractivity contribution in [2.45, 2.75) is 83.3 Å². The number of carbonyl (C=O) groups excluding carboxylic acids is 2. The van der Waals surface area contributed by atoms with Gasteiger partial charge in [0.25, 0.3) is 0 Å². The SMILES string of the molecule is CC(=CC(=O)OC1CCCCC1)C(=O)OC1CCCCC1. The number of hydrogen-bond acceptors (Lipinski definition) is 4. The van der Waals surface area contributed by atoms with E-state index in [1.807, 2.05) is 0 Å². The third kappa shape index (κ3) is 5.52. The Kier molecular flexibility index (Phi) is 6.27. The van der Waals surface area contributed by atoms with Crippen LogP contribution >= 0.6 is 0 Å². The van der Waals surface area contributed by atoms with E-state index in [4.69, 9.17) is 9.47 Å². The van der Waals surface area contributed by atoms with Gasteiger partial charge in [-0.25, -0.2) is 9.59 Å². The zero-order chi connectivity index (χ0) is 15.1.